The molecule has 2 atom stereocenters. The van der Waals surface area contributed by atoms with Gasteiger partial charge in [-0.3, -0.25) is 9.59 Å². The third-order valence-corrected chi connectivity index (χ3v) is 3.50. The Kier molecular flexibility index (Phi) is 3.37. The van der Waals surface area contributed by atoms with E-state index in [1.54, 1.807) is 4.90 Å². The lowest BCUT2D eigenvalue weighted by Crippen LogP contribution is -2.63. The molecule has 2 aliphatic rings. The van der Waals surface area contributed by atoms with Crippen molar-refractivity contribution in [2.24, 2.45) is 5.92 Å². The lowest BCUT2D eigenvalue weighted by molar-refractivity contribution is -0.150. The molecule has 1 N–H and O–H groups in total. The van der Waals surface area contributed by atoms with E-state index in [1.807, 2.05) is 6.92 Å². The molecule has 0 bridgehead atoms. The molecule has 2 fully saturated rings. The summed E-state index contributed by atoms with van der Waals surface area (Å²) in [6.45, 7) is 2.41. The standard InChI is InChI=1S/C13H18N2O2/c1-3-5-8-15-10(4-2)12(16)14-11(13(15)17)9-6-7-9/h1,9-11H,4-8H2,2H3,(H,14,16). The highest BCUT2D eigenvalue weighted by molar-refractivity contribution is 5.97. The van der Waals surface area contributed by atoms with Crippen molar-refractivity contribution in [3.8, 4) is 12.3 Å². The first-order valence-corrected chi connectivity index (χ1v) is 6.23. The van der Waals surface area contributed by atoms with E-state index >= 15 is 0 Å². The van der Waals surface area contributed by atoms with Crippen LogP contribution < -0.4 is 5.32 Å². The molecule has 2 rings (SSSR count). The van der Waals surface area contributed by atoms with Crippen LogP contribution >= 0.6 is 0 Å². The van der Waals surface area contributed by atoms with Crippen LogP contribution in [0.25, 0.3) is 0 Å². The molecule has 0 aromatic carbocycles. The molecule has 1 aliphatic carbocycles. The highest BCUT2D eigenvalue weighted by Gasteiger charge is 2.45. The van der Waals surface area contributed by atoms with Crippen molar-refractivity contribution < 1.29 is 9.59 Å². The van der Waals surface area contributed by atoms with E-state index in [2.05, 4.69) is 11.2 Å². The molecule has 0 radical (unpaired) electrons. The van der Waals surface area contributed by atoms with Gasteiger partial charge in [0.05, 0.1) is 0 Å². The summed E-state index contributed by atoms with van der Waals surface area (Å²) in [6.07, 6.45) is 8.45. The van der Waals surface area contributed by atoms with Gasteiger partial charge in [-0.1, -0.05) is 6.92 Å². The molecule has 0 aromatic heterocycles. The minimum absolute atomic E-state index is 0.0268. The summed E-state index contributed by atoms with van der Waals surface area (Å²) in [5.41, 5.74) is 0. The Morgan fingerprint density at radius 3 is 2.71 bits per heavy atom. The number of carbonyl (C=O) groups excluding carboxylic acids is 2. The number of terminal acetylenes is 1. The summed E-state index contributed by atoms with van der Waals surface area (Å²) in [6, 6.07) is -0.645. The predicted molar refractivity (Wildman–Crippen MR) is 63.9 cm³/mol. The van der Waals surface area contributed by atoms with Crippen molar-refractivity contribution in [2.75, 3.05) is 6.54 Å². The third-order valence-electron chi connectivity index (χ3n) is 3.50. The van der Waals surface area contributed by atoms with E-state index in [-0.39, 0.29) is 23.9 Å². The van der Waals surface area contributed by atoms with Crippen LogP contribution in [-0.4, -0.2) is 35.3 Å². The number of carbonyl (C=O) groups is 2. The van der Waals surface area contributed by atoms with Crippen LogP contribution in [0.1, 0.15) is 32.6 Å². The number of rotatable bonds is 4. The summed E-state index contributed by atoms with van der Waals surface area (Å²) in [7, 11) is 0. The SMILES string of the molecule is C#CCCN1C(=O)C(C2CC2)NC(=O)C1CC. The first-order chi connectivity index (χ1) is 8.19. The zero-order valence-corrected chi connectivity index (χ0v) is 10.1. The van der Waals surface area contributed by atoms with E-state index in [0.717, 1.165) is 12.8 Å². The topological polar surface area (TPSA) is 49.4 Å². The van der Waals surface area contributed by atoms with E-state index < -0.39 is 0 Å². The molecule has 1 saturated heterocycles. The Bertz CT molecular complexity index is 368. The van der Waals surface area contributed by atoms with Crippen molar-refractivity contribution in [3.05, 3.63) is 0 Å². The van der Waals surface area contributed by atoms with Crippen LogP contribution in [0.2, 0.25) is 0 Å². The smallest absolute Gasteiger partial charge is 0.246 e. The Labute approximate surface area is 102 Å². The fourth-order valence-electron chi connectivity index (χ4n) is 2.39. The second-order valence-electron chi connectivity index (χ2n) is 4.73. The second kappa shape index (κ2) is 4.79. The summed E-state index contributed by atoms with van der Waals surface area (Å²) >= 11 is 0. The van der Waals surface area contributed by atoms with E-state index in [4.69, 9.17) is 6.42 Å². The zero-order chi connectivity index (χ0) is 12.4. The molecular weight excluding hydrogens is 216 g/mol. The van der Waals surface area contributed by atoms with Gasteiger partial charge in [-0.25, -0.2) is 0 Å². The fourth-order valence-corrected chi connectivity index (χ4v) is 2.39. The maximum atomic E-state index is 12.3. The van der Waals surface area contributed by atoms with Gasteiger partial charge in [-0.2, -0.15) is 0 Å². The lowest BCUT2D eigenvalue weighted by Gasteiger charge is -2.38. The molecule has 2 amide bonds. The van der Waals surface area contributed by atoms with Crippen LogP contribution in [0, 0.1) is 18.3 Å². The van der Waals surface area contributed by atoms with Gasteiger partial charge in [0.1, 0.15) is 12.1 Å². The normalized spacial score (nSPS) is 28.8. The van der Waals surface area contributed by atoms with Crippen LogP contribution in [0.3, 0.4) is 0 Å². The van der Waals surface area contributed by atoms with Gasteiger partial charge in [-0.05, 0) is 25.2 Å². The van der Waals surface area contributed by atoms with Gasteiger partial charge < -0.3 is 10.2 Å². The van der Waals surface area contributed by atoms with Crippen molar-refractivity contribution in [1.29, 1.82) is 0 Å². The van der Waals surface area contributed by atoms with Gasteiger partial charge in [0.2, 0.25) is 11.8 Å². The number of nitrogens with one attached hydrogen (secondary N) is 1. The van der Waals surface area contributed by atoms with Gasteiger partial charge in [0, 0.05) is 13.0 Å². The van der Waals surface area contributed by atoms with E-state index in [0.29, 0.717) is 25.3 Å². The minimum atomic E-state index is -0.342. The molecular formula is C13H18N2O2. The lowest BCUT2D eigenvalue weighted by atomic mass is 10.0. The maximum absolute atomic E-state index is 12.3. The predicted octanol–water partition coefficient (Wildman–Crippen LogP) is 0.525. The third kappa shape index (κ3) is 2.28. The average Bonchev–Trinajstić information content (AvgIpc) is 3.13. The van der Waals surface area contributed by atoms with Crippen LogP contribution in [0.4, 0.5) is 0 Å². The van der Waals surface area contributed by atoms with Crippen molar-refractivity contribution in [1.82, 2.24) is 10.2 Å². The molecule has 0 spiro atoms. The number of piperazine rings is 1. The first kappa shape index (κ1) is 12.0. The quantitative estimate of drug-likeness (QED) is 0.721. The molecule has 1 saturated carbocycles. The first-order valence-electron chi connectivity index (χ1n) is 6.23. The van der Waals surface area contributed by atoms with Gasteiger partial charge in [-0.15, -0.1) is 12.3 Å². The Morgan fingerprint density at radius 1 is 1.47 bits per heavy atom. The molecule has 4 nitrogen and oxygen atoms in total. The van der Waals surface area contributed by atoms with Crippen molar-refractivity contribution >= 4 is 11.8 Å². The van der Waals surface area contributed by atoms with Crippen LogP contribution in [0.15, 0.2) is 0 Å². The Hall–Kier alpha value is -1.50. The second-order valence-corrected chi connectivity index (χ2v) is 4.73. The molecule has 1 heterocycles. The summed E-state index contributed by atoms with van der Waals surface area (Å²) in [5.74, 6) is 2.90. The van der Waals surface area contributed by atoms with Crippen molar-refractivity contribution in [2.45, 2.75) is 44.7 Å². The van der Waals surface area contributed by atoms with E-state index in [1.165, 1.54) is 0 Å². The molecule has 17 heavy (non-hydrogen) atoms. The Morgan fingerprint density at radius 2 is 2.18 bits per heavy atom. The summed E-state index contributed by atoms with van der Waals surface area (Å²) in [4.78, 5) is 25.9. The molecule has 0 aromatic rings. The summed E-state index contributed by atoms with van der Waals surface area (Å²) < 4.78 is 0. The average molecular weight is 234 g/mol. The molecule has 4 heteroatoms. The van der Waals surface area contributed by atoms with Gasteiger partial charge in [0.15, 0.2) is 0 Å². The van der Waals surface area contributed by atoms with Gasteiger partial charge >= 0.3 is 0 Å². The monoisotopic (exact) mass is 234 g/mol. The van der Waals surface area contributed by atoms with Gasteiger partial charge in [0.25, 0.3) is 0 Å². The van der Waals surface area contributed by atoms with Crippen molar-refractivity contribution in [3.63, 3.8) is 0 Å². The largest absolute Gasteiger partial charge is 0.342 e. The van der Waals surface area contributed by atoms with Crippen LogP contribution in [0.5, 0.6) is 0 Å². The van der Waals surface area contributed by atoms with Crippen LogP contribution in [-0.2, 0) is 9.59 Å². The molecule has 2 unspecified atom stereocenters. The highest BCUT2D eigenvalue weighted by atomic mass is 16.2. The Balaban J connectivity index is 2.13. The fraction of sp³-hybridized carbons (Fsp3) is 0.692. The minimum Gasteiger partial charge on any atom is -0.342 e. The number of hydrogen-bond donors (Lipinski definition) is 1. The molecule has 92 valence electrons. The highest BCUT2D eigenvalue weighted by Crippen LogP contribution is 2.35. The molecule has 1 aliphatic heterocycles. The maximum Gasteiger partial charge on any atom is 0.246 e. The zero-order valence-electron chi connectivity index (χ0n) is 10.1. The summed E-state index contributed by atoms with van der Waals surface area (Å²) in [5, 5.41) is 2.85. The number of nitrogens with zero attached hydrogens (tertiary/aromatic N) is 1. The number of hydrogen-bond acceptors (Lipinski definition) is 2. The number of amides is 2. The van der Waals surface area contributed by atoms with E-state index in [9.17, 15) is 9.59 Å².